The lowest BCUT2D eigenvalue weighted by Crippen LogP contribution is -2.36. The van der Waals surface area contributed by atoms with Crippen LogP contribution in [0.5, 0.6) is 0 Å². The van der Waals surface area contributed by atoms with Crippen LogP contribution in [-0.4, -0.2) is 28.5 Å². The monoisotopic (exact) mass is 140 g/mol. The van der Waals surface area contributed by atoms with Crippen LogP contribution in [-0.2, 0) is 9.07 Å². The lowest BCUT2D eigenvalue weighted by molar-refractivity contribution is 0.458. The van der Waals surface area contributed by atoms with Gasteiger partial charge in [0.15, 0.2) is 5.50 Å². The first-order valence-electron chi connectivity index (χ1n) is 2.42. The van der Waals surface area contributed by atoms with Gasteiger partial charge in [0, 0.05) is 0 Å². The molecule has 1 unspecified atom stereocenters. The fourth-order valence-electron chi connectivity index (χ4n) is 0. The molecule has 0 heterocycles. The molecule has 0 N–H and O–H groups in total. The number of halogens is 1. The Morgan fingerprint density at radius 2 is 1.50 bits per heavy atom. The largest absolute Gasteiger partial charge is 0.280 e. The number of hydrogen-bond donors (Lipinski definition) is 0. The lowest BCUT2D eigenvalue weighted by Gasteiger charge is -2.29. The molecule has 52 valence electrons. The molecule has 0 aromatic rings. The second kappa shape index (κ2) is 1.53. The van der Waals surface area contributed by atoms with Gasteiger partial charge in [0.2, 0.25) is 0 Å². The van der Waals surface area contributed by atoms with Crippen molar-refractivity contribution >= 4 is 9.07 Å². The average Bonchev–Trinajstić information content (AvgIpc) is 1.27. The third kappa shape index (κ3) is 2.40. The topological polar surface area (TPSA) is 17.1 Å². The Hall–Kier alpha value is 0.0800. The minimum atomic E-state index is -2.88. The zero-order chi connectivity index (χ0) is 7.02. The summed E-state index contributed by atoms with van der Waals surface area (Å²) in [5.74, 6) is 0. The third-order valence-corrected chi connectivity index (χ3v) is 3.32. The molecule has 0 saturated heterocycles. The summed E-state index contributed by atoms with van der Waals surface area (Å²) in [5, 5.41) is 0. The lowest BCUT2D eigenvalue weighted by atomic mass is 10.9. The predicted octanol–water partition coefficient (Wildman–Crippen LogP) is 1.01. The van der Waals surface area contributed by atoms with E-state index in [0.717, 1.165) is 0 Å². The molecule has 0 aliphatic carbocycles. The summed E-state index contributed by atoms with van der Waals surface area (Å²) >= 11 is 0. The molecule has 1 atom stereocenters. The van der Waals surface area contributed by atoms with Crippen molar-refractivity contribution in [1.82, 2.24) is 0 Å². The summed E-state index contributed by atoms with van der Waals surface area (Å²) in [7, 11) is -2.88. The first kappa shape index (κ1) is 8.08. The van der Waals surface area contributed by atoms with Crippen LogP contribution >= 0.6 is 0 Å². The average molecular weight is 140 g/mol. The molecule has 0 saturated carbocycles. The summed E-state index contributed by atoms with van der Waals surface area (Å²) in [5.41, 5.74) is -1.20. The van der Waals surface area contributed by atoms with Crippen molar-refractivity contribution in [3.63, 3.8) is 0 Å². The van der Waals surface area contributed by atoms with Crippen LogP contribution in [0, 0.1) is 0 Å². The number of hydrogen-bond acceptors (Lipinski definition) is 1. The zero-order valence-corrected chi connectivity index (χ0v) is 6.59. The Balaban J connectivity index is 4.40. The molecule has 1 nitrogen and oxygen atoms in total. The SMILES string of the molecule is CC(F)S(C)(C)(C)=O. The van der Waals surface area contributed by atoms with Crippen LogP contribution in [0.2, 0.25) is 0 Å². The molecule has 3 heteroatoms. The van der Waals surface area contributed by atoms with Crippen LogP contribution < -0.4 is 0 Å². The molecule has 0 aromatic carbocycles. The first-order valence-corrected chi connectivity index (χ1v) is 5.68. The maximum Gasteiger partial charge on any atom is 0.151 e. The van der Waals surface area contributed by atoms with Gasteiger partial charge in [0.25, 0.3) is 0 Å². The van der Waals surface area contributed by atoms with Gasteiger partial charge in [0.05, 0.1) is 0 Å². The Morgan fingerprint density at radius 3 is 1.50 bits per heavy atom. The second-order valence-electron chi connectivity index (χ2n) is 3.07. The second-order valence-corrected chi connectivity index (χ2v) is 8.78. The van der Waals surface area contributed by atoms with E-state index < -0.39 is 14.6 Å². The fourth-order valence-corrected chi connectivity index (χ4v) is 0. The molecule has 0 rings (SSSR count). The third-order valence-electron chi connectivity index (χ3n) is 1.11. The molecular formula is C5H13FOS. The van der Waals surface area contributed by atoms with Gasteiger partial charge < -0.3 is 0 Å². The van der Waals surface area contributed by atoms with Crippen molar-refractivity contribution in [3.05, 3.63) is 0 Å². The van der Waals surface area contributed by atoms with Gasteiger partial charge in [-0.25, -0.2) is 4.39 Å². The fraction of sp³-hybridized carbons (Fsp3) is 1.00. The van der Waals surface area contributed by atoms with Gasteiger partial charge in [-0.1, -0.05) is 9.07 Å². The molecule has 0 aromatic heterocycles. The van der Waals surface area contributed by atoms with E-state index in [-0.39, 0.29) is 0 Å². The molecule has 8 heavy (non-hydrogen) atoms. The molecule has 0 fully saturated rings. The van der Waals surface area contributed by atoms with E-state index in [4.69, 9.17) is 0 Å². The van der Waals surface area contributed by atoms with E-state index in [2.05, 4.69) is 0 Å². The van der Waals surface area contributed by atoms with Crippen molar-refractivity contribution in [2.45, 2.75) is 12.4 Å². The van der Waals surface area contributed by atoms with Gasteiger partial charge in [-0.05, 0) is 25.7 Å². The van der Waals surface area contributed by atoms with Gasteiger partial charge in [-0.15, -0.1) is 0 Å². The summed E-state index contributed by atoms with van der Waals surface area (Å²) < 4.78 is 23.4. The summed E-state index contributed by atoms with van der Waals surface area (Å²) in [6.45, 7) is 1.33. The van der Waals surface area contributed by atoms with E-state index in [9.17, 15) is 8.60 Å². The highest BCUT2D eigenvalue weighted by Crippen LogP contribution is 2.20. The van der Waals surface area contributed by atoms with Crippen LogP contribution in [0.15, 0.2) is 0 Å². The highest BCUT2D eigenvalue weighted by atomic mass is 32.3. The first-order chi connectivity index (χ1) is 3.20. The quantitative estimate of drug-likeness (QED) is 0.531. The number of alkyl halides is 1. The maximum absolute atomic E-state index is 12.3. The molecule has 0 spiro atoms. The molecule has 0 amide bonds. The molecule has 0 aliphatic heterocycles. The highest BCUT2D eigenvalue weighted by molar-refractivity contribution is 8.18. The standard InChI is InChI=1S/C5H13FOS/c1-5(6)8(2,3,4)7/h5H,1-4H3. The summed E-state index contributed by atoms with van der Waals surface area (Å²) in [6.07, 6.45) is 4.38. The molecular weight excluding hydrogens is 127 g/mol. The van der Waals surface area contributed by atoms with Crippen LogP contribution in [0.4, 0.5) is 4.39 Å². The minimum absolute atomic E-state index is 1.20. The Labute approximate surface area is 49.7 Å². The molecule has 0 aliphatic rings. The summed E-state index contributed by atoms with van der Waals surface area (Å²) in [6, 6.07) is 0. The molecule has 0 bridgehead atoms. The molecule has 0 radical (unpaired) electrons. The van der Waals surface area contributed by atoms with Gasteiger partial charge >= 0.3 is 0 Å². The normalized spacial score (nSPS) is 21.4. The maximum atomic E-state index is 12.3. The highest BCUT2D eigenvalue weighted by Gasteiger charge is 2.25. The van der Waals surface area contributed by atoms with Gasteiger partial charge in [-0.2, -0.15) is 0 Å². The van der Waals surface area contributed by atoms with E-state index in [1.807, 2.05) is 0 Å². The van der Waals surface area contributed by atoms with Crippen LogP contribution in [0.1, 0.15) is 6.92 Å². The Morgan fingerprint density at radius 1 is 1.38 bits per heavy atom. The number of rotatable bonds is 1. The van der Waals surface area contributed by atoms with Crippen LogP contribution in [0.25, 0.3) is 0 Å². The Kier molecular flexibility index (Phi) is 1.55. The van der Waals surface area contributed by atoms with E-state index in [1.165, 1.54) is 25.7 Å². The Bertz CT molecular complexity index is 133. The van der Waals surface area contributed by atoms with E-state index in [1.54, 1.807) is 0 Å². The van der Waals surface area contributed by atoms with Crippen molar-refractivity contribution < 1.29 is 8.60 Å². The van der Waals surface area contributed by atoms with E-state index >= 15 is 0 Å². The smallest absolute Gasteiger partial charge is 0.151 e. The van der Waals surface area contributed by atoms with Crippen molar-refractivity contribution in [1.29, 1.82) is 0 Å². The summed E-state index contributed by atoms with van der Waals surface area (Å²) in [4.78, 5) is 0. The van der Waals surface area contributed by atoms with Gasteiger partial charge in [0.1, 0.15) is 0 Å². The van der Waals surface area contributed by atoms with E-state index in [0.29, 0.717) is 0 Å². The predicted molar refractivity (Wildman–Crippen MR) is 36.5 cm³/mol. The van der Waals surface area contributed by atoms with Crippen molar-refractivity contribution in [3.8, 4) is 0 Å². The van der Waals surface area contributed by atoms with Crippen molar-refractivity contribution in [2.24, 2.45) is 0 Å². The van der Waals surface area contributed by atoms with Crippen molar-refractivity contribution in [2.75, 3.05) is 18.8 Å². The minimum Gasteiger partial charge on any atom is -0.280 e. The van der Waals surface area contributed by atoms with Crippen LogP contribution in [0.3, 0.4) is 0 Å². The zero-order valence-electron chi connectivity index (χ0n) is 5.77. The van der Waals surface area contributed by atoms with Gasteiger partial charge in [-0.3, -0.25) is 4.21 Å².